The van der Waals surface area contributed by atoms with E-state index >= 15 is 0 Å². The smallest absolute Gasteiger partial charge is 0.245 e. The number of aromatic nitrogens is 1. The van der Waals surface area contributed by atoms with Gasteiger partial charge in [-0.25, -0.2) is 0 Å². The van der Waals surface area contributed by atoms with Crippen molar-refractivity contribution in [2.75, 3.05) is 13.1 Å². The highest BCUT2D eigenvalue weighted by molar-refractivity contribution is 6.31. The lowest BCUT2D eigenvalue weighted by atomic mass is 9.63. The molecule has 2 aliphatic heterocycles. The van der Waals surface area contributed by atoms with Gasteiger partial charge in [0.1, 0.15) is 6.04 Å². The monoisotopic (exact) mass is 437 g/mol. The molecule has 2 amide bonds. The quantitative estimate of drug-likeness (QED) is 0.763. The second-order valence-corrected chi connectivity index (χ2v) is 11.2. The average Bonchev–Trinajstić information content (AvgIpc) is 3.20. The van der Waals surface area contributed by atoms with Crippen LogP contribution in [0.3, 0.4) is 0 Å². The van der Waals surface area contributed by atoms with E-state index in [0.717, 1.165) is 66.8 Å². The number of piperidine rings is 1. The van der Waals surface area contributed by atoms with E-state index in [2.05, 4.69) is 4.98 Å². The summed E-state index contributed by atoms with van der Waals surface area (Å²) in [6.07, 6.45) is 8.60. The van der Waals surface area contributed by atoms with Crippen molar-refractivity contribution in [1.82, 2.24) is 14.8 Å². The van der Waals surface area contributed by atoms with Gasteiger partial charge in [-0.1, -0.05) is 18.0 Å². The molecule has 31 heavy (non-hydrogen) atoms. The van der Waals surface area contributed by atoms with Gasteiger partial charge in [-0.15, -0.1) is 0 Å². The molecule has 1 aromatic carbocycles. The summed E-state index contributed by atoms with van der Waals surface area (Å²) < 4.78 is 0. The van der Waals surface area contributed by atoms with Crippen LogP contribution in [-0.2, 0) is 16.0 Å². The normalized spacial score (nSPS) is 32.4. The van der Waals surface area contributed by atoms with E-state index in [1.54, 1.807) is 0 Å². The van der Waals surface area contributed by atoms with Gasteiger partial charge in [0.25, 0.3) is 0 Å². The van der Waals surface area contributed by atoms with Gasteiger partial charge in [-0.2, -0.15) is 0 Å². The number of benzene rings is 1. The lowest BCUT2D eigenvalue weighted by molar-refractivity contribution is -0.159. The number of nitrogens with one attached hydrogen (secondary N) is 1. The largest absolute Gasteiger partial charge is 0.357 e. The van der Waals surface area contributed by atoms with Crippen LogP contribution in [0, 0.1) is 11.3 Å². The molecule has 1 aromatic heterocycles. The second kappa shape index (κ2) is 6.28. The Morgan fingerprint density at radius 3 is 2.71 bits per heavy atom. The molecule has 3 unspecified atom stereocenters. The molecule has 3 heterocycles. The van der Waals surface area contributed by atoms with E-state index < -0.39 is 0 Å². The van der Waals surface area contributed by atoms with Gasteiger partial charge in [-0.3, -0.25) is 9.59 Å². The summed E-state index contributed by atoms with van der Waals surface area (Å²) in [6.45, 7) is 1.83. The number of likely N-dealkylation sites (tertiary alicyclic amines) is 2. The van der Waals surface area contributed by atoms with Crippen LogP contribution >= 0.6 is 11.6 Å². The Morgan fingerprint density at radius 2 is 1.94 bits per heavy atom. The van der Waals surface area contributed by atoms with Crippen LogP contribution in [0.1, 0.15) is 62.1 Å². The first-order chi connectivity index (χ1) is 15.0. The van der Waals surface area contributed by atoms with Gasteiger partial charge in [0.15, 0.2) is 0 Å². The number of carbonyl (C=O) groups excluding carboxylic acids is 2. The van der Waals surface area contributed by atoms with Crippen molar-refractivity contribution in [3.05, 3.63) is 34.5 Å². The van der Waals surface area contributed by atoms with Gasteiger partial charge in [0.05, 0.1) is 5.92 Å². The standard InChI is InChI=1S/C25H28ClN3O2/c26-15-5-6-19-18(11-15)16-3-1-4-17(22(16)27-19)23(30)29-20-9-14(20)10-21(29)24(31)28-12-25(13-28)7-2-8-25/h5-6,11,14,17,20-21,27H,1-4,7-10,12-13H2/t14?,17?,20?,21-/m1/s1. The number of rotatable bonds is 2. The van der Waals surface area contributed by atoms with Crippen molar-refractivity contribution < 1.29 is 9.59 Å². The molecule has 1 N–H and O–H groups in total. The van der Waals surface area contributed by atoms with Crippen molar-refractivity contribution in [2.24, 2.45) is 11.3 Å². The first-order valence-electron chi connectivity index (χ1n) is 11.9. The number of aryl methyl sites for hydroxylation is 1. The molecule has 6 heteroatoms. The fourth-order valence-corrected chi connectivity index (χ4v) is 7.15. The van der Waals surface area contributed by atoms with E-state index in [1.807, 2.05) is 28.0 Å². The zero-order valence-electron chi connectivity index (χ0n) is 17.7. The number of carbonyl (C=O) groups is 2. The van der Waals surface area contributed by atoms with E-state index in [9.17, 15) is 9.59 Å². The summed E-state index contributed by atoms with van der Waals surface area (Å²) in [5, 5.41) is 1.87. The van der Waals surface area contributed by atoms with E-state index in [1.165, 1.54) is 24.8 Å². The zero-order valence-corrected chi connectivity index (χ0v) is 18.5. The Balaban J connectivity index is 1.17. The Morgan fingerprint density at radius 1 is 1.10 bits per heavy atom. The SMILES string of the molecule is O=C([C@H]1CC2CC2N1C(=O)C1CCCc2c1[nH]c1ccc(Cl)cc21)N1CC2(CCC2)C1. The summed E-state index contributed by atoms with van der Waals surface area (Å²) in [6, 6.07) is 5.96. The Labute approximate surface area is 187 Å². The van der Waals surface area contributed by atoms with Gasteiger partial charge >= 0.3 is 0 Å². The first-order valence-corrected chi connectivity index (χ1v) is 12.3. The van der Waals surface area contributed by atoms with E-state index in [0.29, 0.717) is 11.3 Å². The third kappa shape index (κ3) is 2.62. The second-order valence-electron chi connectivity index (χ2n) is 10.8. The minimum Gasteiger partial charge on any atom is -0.357 e. The number of amides is 2. The van der Waals surface area contributed by atoms with Crippen LogP contribution in [-0.4, -0.2) is 51.8 Å². The molecule has 2 aromatic rings. The molecular formula is C25H28ClN3O2. The summed E-state index contributed by atoms with van der Waals surface area (Å²) in [4.78, 5) is 34.8. The number of aromatic amines is 1. The van der Waals surface area contributed by atoms with Crippen LogP contribution in [0.4, 0.5) is 0 Å². The molecule has 0 radical (unpaired) electrons. The minimum absolute atomic E-state index is 0.167. The Kier molecular flexibility index (Phi) is 3.76. The van der Waals surface area contributed by atoms with Crippen molar-refractivity contribution >= 4 is 34.3 Å². The van der Waals surface area contributed by atoms with Crippen LogP contribution in [0.15, 0.2) is 18.2 Å². The highest BCUT2D eigenvalue weighted by Crippen LogP contribution is 2.52. The molecule has 0 bridgehead atoms. The van der Waals surface area contributed by atoms with Crippen LogP contribution in [0.25, 0.3) is 10.9 Å². The maximum atomic E-state index is 13.9. The van der Waals surface area contributed by atoms with E-state index in [-0.39, 0.29) is 29.8 Å². The molecule has 3 aliphatic carbocycles. The molecule has 5 aliphatic rings. The van der Waals surface area contributed by atoms with Gasteiger partial charge in [-0.05, 0) is 74.6 Å². The van der Waals surface area contributed by atoms with Crippen LogP contribution < -0.4 is 0 Å². The maximum Gasteiger partial charge on any atom is 0.245 e. The molecule has 2 saturated carbocycles. The zero-order chi connectivity index (χ0) is 20.9. The van der Waals surface area contributed by atoms with Crippen LogP contribution in [0.2, 0.25) is 5.02 Å². The molecular weight excluding hydrogens is 410 g/mol. The summed E-state index contributed by atoms with van der Waals surface area (Å²) in [7, 11) is 0. The molecule has 4 atom stereocenters. The Hall–Kier alpha value is -2.01. The number of hydrogen-bond acceptors (Lipinski definition) is 2. The van der Waals surface area contributed by atoms with Crippen molar-refractivity contribution in [3.8, 4) is 0 Å². The van der Waals surface area contributed by atoms with Crippen molar-refractivity contribution in [1.29, 1.82) is 0 Å². The van der Waals surface area contributed by atoms with Crippen molar-refractivity contribution in [2.45, 2.75) is 69.4 Å². The number of fused-ring (bicyclic) bond motifs is 4. The van der Waals surface area contributed by atoms with E-state index in [4.69, 9.17) is 11.6 Å². The van der Waals surface area contributed by atoms with Crippen molar-refractivity contribution in [3.63, 3.8) is 0 Å². The predicted octanol–water partition coefficient (Wildman–Crippen LogP) is 4.24. The number of H-pyrrole nitrogens is 1. The third-order valence-electron chi connectivity index (χ3n) is 8.89. The minimum atomic E-state index is -0.238. The molecule has 162 valence electrons. The average molecular weight is 438 g/mol. The van der Waals surface area contributed by atoms with Gasteiger partial charge in [0.2, 0.25) is 11.8 Å². The summed E-state index contributed by atoms with van der Waals surface area (Å²) in [5.41, 5.74) is 3.78. The fraction of sp³-hybridized carbons (Fsp3) is 0.600. The van der Waals surface area contributed by atoms with Crippen LogP contribution in [0.5, 0.6) is 0 Å². The third-order valence-corrected chi connectivity index (χ3v) is 9.12. The Bertz CT molecular complexity index is 1110. The molecule has 7 rings (SSSR count). The number of halogens is 1. The fourth-order valence-electron chi connectivity index (χ4n) is 6.98. The summed E-state index contributed by atoms with van der Waals surface area (Å²) in [5.74, 6) is 0.735. The molecule has 4 fully saturated rings. The summed E-state index contributed by atoms with van der Waals surface area (Å²) >= 11 is 6.25. The highest BCUT2D eigenvalue weighted by Gasteiger charge is 2.59. The van der Waals surface area contributed by atoms with Gasteiger partial charge in [0, 0.05) is 46.2 Å². The first kappa shape index (κ1) is 18.6. The van der Waals surface area contributed by atoms with Gasteiger partial charge < -0.3 is 14.8 Å². The maximum absolute atomic E-state index is 13.9. The number of nitrogens with zero attached hydrogens (tertiary/aromatic N) is 2. The highest BCUT2D eigenvalue weighted by atomic mass is 35.5. The molecule has 5 nitrogen and oxygen atoms in total. The lowest BCUT2D eigenvalue weighted by Gasteiger charge is -2.56. The predicted molar refractivity (Wildman–Crippen MR) is 119 cm³/mol. The molecule has 1 spiro atoms. The topological polar surface area (TPSA) is 56.4 Å². The molecule has 2 saturated heterocycles. The lowest BCUT2D eigenvalue weighted by Crippen LogP contribution is -2.64. The number of hydrogen-bond donors (Lipinski definition) is 1.